The largest absolute Gasteiger partial charge is 0.465 e. The predicted molar refractivity (Wildman–Crippen MR) is 56.5 cm³/mol. The highest BCUT2D eigenvalue weighted by atomic mass is 16.5. The summed E-state index contributed by atoms with van der Waals surface area (Å²) in [6, 6.07) is 0. The monoisotopic (exact) mass is 209 g/mol. The van der Waals surface area contributed by atoms with Crippen molar-refractivity contribution in [2.24, 2.45) is 0 Å². The number of ether oxygens (including phenoxy) is 1. The summed E-state index contributed by atoms with van der Waals surface area (Å²) in [5.41, 5.74) is 6.17. The molecule has 0 aromatic carbocycles. The summed E-state index contributed by atoms with van der Waals surface area (Å²) >= 11 is 0. The zero-order valence-corrected chi connectivity index (χ0v) is 9.37. The van der Waals surface area contributed by atoms with Crippen molar-refractivity contribution in [3.05, 3.63) is 17.5 Å². The smallest absolute Gasteiger partial charge is 0.341 e. The van der Waals surface area contributed by atoms with E-state index in [0.29, 0.717) is 11.3 Å². The van der Waals surface area contributed by atoms with Crippen LogP contribution in [0.25, 0.3) is 0 Å². The number of hydrogen-bond donors (Lipinski definition) is 1. The molecule has 0 spiro atoms. The summed E-state index contributed by atoms with van der Waals surface area (Å²) in [5.74, 6) is -0.285. The lowest BCUT2D eigenvalue weighted by Crippen LogP contribution is -2.21. The molecule has 0 fully saturated rings. The van der Waals surface area contributed by atoms with Crippen LogP contribution in [-0.2, 0) is 10.2 Å². The molecular formula is C10H15N3O2. The number of methoxy groups -OCH3 is 1. The van der Waals surface area contributed by atoms with Crippen LogP contribution in [0, 0.1) is 0 Å². The first-order valence-electron chi connectivity index (χ1n) is 4.57. The lowest BCUT2D eigenvalue weighted by atomic mass is 9.89. The maximum Gasteiger partial charge on any atom is 0.341 e. The van der Waals surface area contributed by atoms with Gasteiger partial charge in [0.25, 0.3) is 0 Å². The second kappa shape index (κ2) is 3.84. The molecule has 0 aliphatic rings. The predicted octanol–water partition coefficient (Wildman–Crippen LogP) is 1.14. The molecule has 1 aromatic rings. The molecule has 0 atom stereocenters. The lowest BCUT2D eigenvalue weighted by molar-refractivity contribution is 0.0596. The Bertz CT molecular complexity index is 383. The van der Waals surface area contributed by atoms with Crippen molar-refractivity contribution < 1.29 is 9.53 Å². The Kier molecular flexibility index (Phi) is 2.93. The van der Waals surface area contributed by atoms with Gasteiger partial charge in [-0.05, 0) is 0 Å². The van der Waals surface area contributed by atoms with Gasteiger partial charge in [0.15, 0.2) is 0 Å². The second-order valence-corrected chi connectivity index (χ2v) is 4.23. The third-order valence-corrected chi connectivity index (χ3v) is 1.92. The quantitative estimate of drug-likeness (QED) is 0.702. The van der Waals surface area contributed by atoms with E-state index in [2.05, 4.69) is 14.7 Å². The number of carbonyl (C=O) groups is 1. The number of nitrogen functional groups attached to an aromatic ring is 1. The van der Waals surface area contributed by atoms with E-state index < -0.39 is 5.97 Å². The molecule has 5 heteroatoms. The van der Waals surface area contributed by atoms with E-state index in [0.717, 1.165) is 0 Å². The summed E-state index contributed by atoms with van der Waals surface area (Å²) < 4.78 is 4.65. The number of aromatic nitrogens is 2. The lowest BCUT2D eigenvalue weighted by Gasteiger charge is -2.20. The molecule has 0 radical (unpaired) electrons. The van der Waals surface area contributed by atoms with Crippen molar-refractivity contribution in [3.63, 3.8) is 0 Å². The number of anilines is 1. The van der Waals surface area contributed by atoms with Gasteiger partial charge >= 0.3 is 5.97 Å². The van der Waals surface area contributed by atoms with Crippen LogP contribution in [0.3, 0.4) is 0 Å². The van der Waals surface area contributed by atoms with Crippen LogP contribution >= 0.6 is 0 Å². The Morgan fingerprint density at radius 3 is 2.53 bits per heavy atom. The van der Waals surface area contributed by atoms with Crippen LogP contribution in [0.15, 0.2) is 6.20 Å². The van der Waals surface area contributed by atoms with Crippen molar-refractivity contribution in [2.45, 2.75) is 26.2 Å². The first-order valence-corrected chi connectivity index (χ1v) is 4.57. The molecule has 0 saturated carbocycles. The third kappa shape index (κ3) is 2.43. The van der Waals surface area contributed by atoms with Gasteiger partial charge in [-0.25, -0.2) is 14.8 Å². The van der Waals surface area contributed by atoms with Gasteiger partial charge in [-0.15, -0.1) is 0 Å². The van der Waals surface area contributed by atoms with Crippen molar-refractivity contribution in [2.75, 3.05) is 12.8 Å². The average molecular weight is 209 g/mol. The number of hydrogen-bond acceptors (Lipinski definition) is 5. The highest BCUT2D eigenvalue weighted by Crippen LogP contribution is 2.24. The SMILES string of the molecule is COC(=O)c1cnc(N)nc1C(C)(C)C. The Hall–Kier alpha value is -1.65. The zero-order valence-electron chi connectivity index (χ0n) is 9.37. The molecule has 82 valence electrons. The van der Waals surface area contributed by atoms with Crippen LogP contribution in [0.4, 0.5) is 5.95 Å². The van der Waals surface area contributed by atoms with Crippen molar-refractivity contribution in [1.29, 1.82) is 0 Å². The summed E-state index contributed by atoms with van der Waals surface area (Å²) in [7, 11) is 1.32. The van der Waals surface area contributed by atoms with Crippen LogP contribution in [0.5, 0.6) is 0 Å². The minimum atomic E-state index is -0.445. The normalized spacial score (nSPS) is 11.2. The Labute approximate surface area is 88.7 Å². The van der Waals surface area contributed by atoms with E-state index in [-0.39, 0.29) is 11.4 Å². The fraction of sp³-hybridized carbons (Fsp3) is 0.500. The molecule has 1 aromatic heterocycles. The fourth-order valence-corrected chi connectivity index (χ4v) is 1.23. The minimum absolute atomic E-state index is 0.160. The average Bonchev–Trinajstić information content (AvgIpc) is 2.15. The van der Waals surface area contributed by atoms with Crippen LogP contribution < -0.4 is 5.73 Å². The van der Waals surface area contributed by atoms with Crippen molar-refractivity contribution >= 4 is 11.9 Å². The number of nitrogens with zero attached hydrogens (tertiary/aromatic N) is 2. The molecular weight excluding hydrogens is 194 g/mol. The minimum Gasteiger partial charge on any atom is -0.465 e. The van der Waals surface area contributed by atoms with Crippen LogP contribution in [0.1, 0.15) is 36.8 Å². The van der Waals surface area contributed by atoms with E-state index >= 15 is 0 Å². The van der Waals surface area contributed by atoms with E-state index in [1.54, 1.807) is 0 Å². The van der Waals surface area contributed by atoms with Crippen molar-refractivity contribution in [3.8, 4) is 0 Å². The Morgan fingerprint density at radius 2 is 2.07 bits per heavy atom. The Balaban J connectivity index is 3.33. The number of carbonyl (C=O) groups excluding carboxylic acids is 1. The number of esters is 1. The third-order valence-electron chi connectivity index (χ3n) is 1.92. The molecule has 0 amide bonds. The van der Waals surface area contributed by atoms with Gasteiger partial charge in [0.2, 0.25) is 5.95 Å². The fourth-order valence-electron chi connectivity index (χ4n) is 1.23. The molecule has 15 heavy (non-hydrogen) atoms. The molecule has 5 nitrogen and oxygen atoms in total. The van der Waals surface area contributed by atoms with Gasteiger partial charge < -0.3 is 10.5 Å². The van der Waals surface area contributed by atoms with E-state index in [4.69, 9.17) is 5.73 Å². The molecule has 0 bridgehead atoms. The van der Waals surface area contributed by atoms with Gasteiger partial charge in [-0.2, -0.15) is 0 Å². The van der Waals surface area contributed by atoms with E-state index in [9.17, 15) is 4.79 Å². The van der Waals surface area contributed by atoms with Crippen LogP contribution in [-0.4, -0.2) is 23.0 Å². The molecule has 0 aliphatic carbocycles. The van der Waals surface area contributed by atoms with Gasteiger partial charge in [0, 0.05) is 11.6 Å². The number of nitrogens with two attached hydrogens (primary N) is 1. The standard InChI is InChI=1S/C10H15N3O2/c1-10(2,3)7-6(8(14)15-4)5-12-9(11)13-7/h5H,1-4H3,(H2,11,12,13). The highest BCUT2D eigenvalue weighted by Gasteiger charge is 2.24. The highest BCUT2D eigenvalue weighted by molar-refractivity contribution is 5.90. The van der Waals surface area contributed by atoms with Gasteiger partial charge in [-0.3, -0.25) is 0 Å². The number of rotatable bonds is 1. The summed E-state index contributed by atoms with van der Waals surface area (Å²) in [4.78, 5) is 19.3. The Morgan fingerprint density at radius 1 is 1.47 bits per heavy atom. The maximum atomic E-state index is 11.4. The molecule has 0 aliphatic heterocycles. The van der Waals surface area contributed by atoms with Gasteiger partial charge in [0.05, 0.1) is 12.8 Å². The summed E-state index contributed by atoms with van der Waals surface area (Å²) in [6.45, 7) is 5.84. The maximum absolute atomic E-state index is 11.4. The second-order valence-electron chi connectivity index (χ2n) is 4.23. The zero-order chi connectivity index (χ0) is 11.6. The summed E-state index contributed by atoms with van der Waals surface area (Å²) in [5, 5.41) is 0. The first kappa shape index (κ1) is 11.4. The first-order chi connectivity index (χ1) is 6.86. The molecule has 0 saturated heterocycles. The van der Waals surface area contributed by atoms with E-state index in [1.807, 2.05) is 20.8 Å². The van der Waals surface area contributed by atoms with Crippen molar-refractivity contribution in [1.82, 2.24) is 9.97 Å². The topological polar surface area (TPSA) is 78.1 Å². The molecule has 0 unspecified atom stereocenters. The van der Waals surface area contributed by atoms with Crippen LogP contribution in [0.2, 0.25) is 0 Å². The molecule has 2 N–H and O–H groups in total. The summed E-state index contributed by atoms with van der Waals surface area (Å²) in [6.07, 6.45) is 1.40. The van der Waals surface area contributed by atoms with Gasteiger partial charge in [0.1, 0.15) is 5.56 Å². The van der Waals surface area contributed by atoms with Gasteiger partial charge in [-0.1, -0.05) is 20.8 Å². The molecule has 1 heterocycles. The molecule has 1 rings (SSSR count). The van der Waals surface area contributed by atoms with E-state index in [1.165, 1.54) is 13.3 Å².